The van der Waals surface area contributed by atoms with E-state index in [-0.39, 0.29) is 17.8 Å². The van der Waals surface area contributed by atoms with Crippen molar-refractivity contribution in [2.75, 3.05) is 6.61 Å². The Morgan fingerprint density at radius 2 is 1.96 bits per heavy atom. The summed E-state index contributed by atoms with van der Waals surface area (Å²) >= 11 is 1.17. The van der Waals surface area contributed by atoms with E-state index in [1.165, 1.54) is 23.6 Å². The van der Waals surface area contributed by atoms with Gasteiger partial charge < -0.3 is 10.1 Å². The van der Waals surface area contributed by atoms with Crippen molar-refractivity contribution in [1.82, 2.24) is 10.3 Å². The van der Waals surface area contributed by atoms with Gasteiger partial charge in [-0.3, -0.25) is 4.79 Å². The van der Waals surface area contributed by atoms with Crippen LogP contribution in [-0.2, 0) is 0 Å². The SMILES string of the molecule is CCOc1ccc(C(C)NC(=O)c2cnc(-c3ccccc3F)s2)cc1. The van der Waals surface area contributed by atoms with E-state index in [4.69, 9.17) is 4.74 Å². The molecule has 6 heteroatoms. The van der Waals surface area contributed by atoms with Crippen molar-refractivity contribution in [2.24, 2.45) is 0 Å². The summed E-state index contributed by atoms with van der Waals surface area (Å²) in [6.07, 6.45) is 1.48. The number of rotatable bonds is 6. The van der Waals surface area contributed by atoms with Crippen molar-refractivity contribution in [3.05, 3.63) is 71.0 Å². The average Bonchev–Trinajstić information content (AvgIpc) is 3.13. The Morgan fingerprint density at radius 1 is 1.23 bits per heavy atom. The summed E-state index contributed by atoms with van der Waals surface area (Å²) in [6.45, 7) is 4.45. The van der Waals surface area contributed by atoms with E-state index in [2.05, 4.69) is 10.3 Å². The van der Waals surface area contributed by atoms with Gasteiger partial charge in [0.2, 0.25) is 0 Å². The molecule has 2 aromatic carbocycles. The maximum Gasteiger partial charge on any atom is 0.263 e. The van der Waals surface area contributed by atoms with Gasteiger partial charge in [0.15, 0.2) is 0 Å². The minimum absolute atomic E-state index is 0.169. The first-order valence-electron chi connectivity index (χ1n) is 8.33. The fraction of sp³-hybridized carbons (Fsp3) is 0.200. The summed E-state index contributed by atoms with van der Waals surface area (Å²) in [6, 6.07) is 13.8. The molecule has 4 nitrogen and oxygen atoms in total. The number of benzene rings is 2. The van der Waals surface area contributed by atoms with Gasteiger partial charge in [-0.25, -0.2) is 9.37 Å². The average molecular weight is 370 g/mol. The van der Waals surface area contributed by atoms with E-state index in [9.17, 15) is 9.18 Å². The maximum atomic E-state index is 13.9. The van der Waals surface area contributed by atoms with Crippen LogP contribution in [0.15, 0.2) is 54.7 Å². The van der Waals surface area contributed by atoms with Crippen LogP contribution in [0.3, 0.4) is 0 Å². The minimum Gasteiger partial charge on any atom is -0.494 e. The lowest BCUT2D eigenvalue weighted by Crippen LogP contribution is -2.25. The Kier molecular flexibility index (Phi) is 5.63. The summed E-state index contributed by atoms with van der Waals surface area (Å²) in [5, 5.41) is 3.43. The summed E-state index contributed by atoms with van der Waals surface area (Å²) in [7, 11) is 0. The van der Waals surface area contributed by atoms with Crippen molar-refractivity contribution in [3.8, 4) is 16.3 Å². The standard InChI is InChI=1S/C20H19FN2O2S/c1-3-25-15-10-8-14(9-11-15)13(2)23-19(24)18-12-22-20(26-18)16-6-4-5-7-17(16)21/h4-13H,3H2,1-2H3,(H,23,24). The number of ether oxygens (including phenoxy) is 1. The Labute approximate surface area is 155 Å². The second-order valence-electron chi connectivity index (χ2n) is 5.71. The molecule has 0 radical (unpaired) electrons. The Balaban J connectivity index is 1.69. The third kappa shape index (κ3) is 4.08. The molecule has 1 N–H and O–H groups in total. The van der Waals surface area contributed by atoms with Crippen molar-refractivity contribution < 1.29 is 13.9 Å². The smallest absolute Gasteiger partial charge is 0.263 e. The van der Waals surface area contributed by atoms with Crippen LogP contribution in [0.1, 0.15) is 35.1 Å². The Bertz CT molecular complexity index is 893. The molecule has 26 heavy (non-hydrogen) atoms. The predicted octanol–water partition coefficient (Wildman–Crippen LogP) is 4.84. The zero-order valence-electron chi connectivity index (χ0n) is 14.5. The zero-order valence-corrected chi connectivity index (χ0v) is 15.3. The normalized spacial score (nSPS) is 11.8. The minimum atomic E-state index is -0.350. The summed E-state index contributed by atoms with van der Waals surface area (Å²) in [5.74, 6) is 0.217. The van der Waals surface area contributed by atoms with E-state index in [0.29, 0.717) is 22.1 Å². The molecule has 0 saturated heterocycles. The van der Waals surface area contributed by atoms with Crippen molar-refractivity contribution in [3.63, 3.8) is 0 Å². The number of carbonyl (C=O) groups excluding carboxylic acids is 1. The lowest BCUT2D eigenvalue weighted by Gasteiger charge is -2.14. The Hall–Kier alpha value is -2.73. The molecule has 0 fully saturated rings. The second kappa shape index (κ2) is 8.10. The zero-order chi connectivity index (χ0) is 18.5. The Morgan fingerprint density at radius 3 is 2.65 bits per heavy atom. The second-order valence-corrected chi connectivity index (χ2v) is 6.74. The quantitative estimate of drug-likeness (QED) is 0.675. The lowest BCUT2D eigenvalue weighted by molar-refractivity contribution is 0.0944. The van der Waals surface area contributed by atoms with Gasteiger partial charge in [0.1, 0.15) is 21.5 Å². The number of nitrogens with one attached hydrogen (secondary N) is 1. The molecule has 0 saturated carbocycles. The van der Waals surface area contributed by atoms with Crippen LogP contribution in [0.5, 0.6) is 5.75 Å². The molecule has 3 aromatic rings. The van der Waals surface area contributed by atoms with Crippen LogP contribution < -0.4 is 10.1 Å². The molecule has 0 bridgehead atoms. The first-order valence-corrected chi connectivity index (χ1v) is 9.14. The van der Waals surface area contributed by atoms with E-state index in [1.54, 1.807) is 18.2 Å². The van der Waals surface area contributed by atoms with Gasteiger partial charge in [-0.05, 0) is 43.7 Å². The van der Waals surface area contributed by atoms with Crippen molar-refractivity contribution in [1.29, 1.82) is 0 Å². The molecular weight excluding hydrogens is 351 g/mol. The molecule has 1 atom stereocenters. The summed E-state index contributed by atoms with van der Waals surface area (Å²) in [5.41, 5.74) is 1.37. The highest BCUT2D eigenvalue weighted by Crippen LogP contribution is 2.27. The van der Waals surface area contributed by atoms with E-state index in [1.807, 2.05) is 38.1 Å². The van der Waals surface area contributed by atoms with Crippen LogP contribution in [0.25, 0.3) is 10.6 Å². The maximum absolute atomic E-state index is 13.9. The van der Waals surface area contributed by atoms with Crippen LogP contribution in [-0.4, -0.2) is 17.5 Å². The van der Waals surface area contributed by atoms with Gasteiger partial charge in [0.25, 0.3) is 5.91 Å². The van der Waals surface area contributed by atoms with Gasteiger partial charge in [-0.15, -0.1) is 11.3 Å². The number of nitrogens with zero attached hydrogens (tertiary/aromatic N) is 1. The molecular formula is C20H19FN2O2S. The van der Waals surface area contributed by atoms with E-state index < -0.39 is 0 Å². The predicted molar refractivity (Wildman–Crippen MR) is 101 cm³/mol. The first kappa shape index (κ1) is 18.1. The van der Waals surface area contributed by atoms with Crippen LogP contribution in [0.2, 0.25) is 0 Å². The molecule has 0 spiro atoms. The van der Waals surface area contributed by atoms with Crippen molar-refractivity contribution in [2.45, 2.75) is 19.9 Å². The number of aromatic nitrogens is 1. The number of hydrogen-bond donors (Lipinski definition) is 1. The number of thiazole rings is 1. The topological polar surface area (TPSA) is 51.2 Å². The number of hydrogen-bond acceptors (Lipinski definition) is 4. The van der Waals surface area contributed by atoms with Crippen LogP contribution >= 0.6 is 11.3 Å². The molecule has 0 aliphatic carbocycles. The molecule has 1 aromatic heterocycles. The third-order valence-corrected chi connectivity index (χ3v) is 4.90. The first-order chi connectivity index (χ1) is 12.6. The molecule has 0 aliphatic rings. The van der Waals surface area contributed by atoms with Crippen LogP contribution in [0.4, 0.5) is 4.39 Å². The van der Waals surface area contributed by atoms with Gasteiger partial charge in [0.05, 0.1) is 18.8 Å². The third-order valence-electron chi connectivity index (χ3n) is 3.87. The van der Waals surface area contributed by atoms with Crippen LogP contribution in [0, 0.1) is 5.82 Å². The fourth-order valence-corrected chi connectivity index (χ4v) is 3.36. The number of carbonyl (C=O) groups is 1. The number of halogens is 1. The van der Waals surface area contributed by atoms with Gasteiger partial charge in [-0.1, -0.05) is 24.3 Å². The van der Waals surface area contributed by atoms with E-state index >= 15 is 0 Å². The molecule has 1 unspecified atom stereocenters. The van der Waals surface area contributed by atoms with E-state index in [0.717, 1.165) is 11.3 Å². The van der Waals surface area contributed by atoms with Gasteiger partial charge in [0, 0.05) is 5.56 Å². The molecule has 3 rings (SSSR count). The fourth-order valence-electron chi connectivity index (χ4n) is 2.51. The van der Waals surface area contributed by atoms with Gasteiger partial charge in [-0.2, -0.15) is 0 Å². The van der Waals surface area contributed by atoms with Crippen molar-refractivity contribution >= 4 is 17.2 Å². The van der Waals surface area contributed by atoms with Gasteiger partial charge >= 0.3 is 0 Å². The highest BCUT2D eigenvalue weighted by molar-refractivity contribution is 7.16. The highest BCUT2D eigenvalue weighted by atomic mass is 32.1. The summed E-state index contributed by atoms with van der Waals surface area (Å²) in [4.78, 5) is 17.1. The molecule has 1 amide bonds. The monoisotopic (exact) mass is 370 g/mol. The largest absolute Gasteiger partial charge is 0.494 e. The molecule has 0 aliphatic heterocycles. The molecule has 134 valence electrons. The number of amides is 1. The summed E-state index contributed by atoms with van der Waals surface area (Å²) < 4.78 is 19.3. The molecule has 1 heterocycles. The lowest BCUT2D eigenvalue weighted by atomic mass is 10.1. The highest BCUT2D eigenvalue weighted by Gasteiger charge is 2.16.